The maximum atomic E-state index is 12.3. The van der Waals surface area contributed by atoms with Gasteiger partial charge in [0.1, 0.15) is 11.6 Å². The Kier molecular flexibility index (Phi) is 5.42. The largest absolute Gasteiger partial charge is 0.399 e. The van der Waals surface area contributed by atoms with Gasteiger partial charge < -0.3 is 21.3 Å². The molecule has 2 heterocycles. The highest BCUT2D eigenvalue weighted by Gasteiger charge is 2.18. The molecular formula is C17H17ClN6OS. The van der Waals surface area contributed by atoms with Crippen LogP contribution in [0.1, 0.15) is 10.6 Å². The summed E-state index contributed by atoms with van der Waals surface area (Å²) in [6.45, 7) is 1.83. The number of likely N-dealkylation sites (N-methyl/N-ethyl adjacent to an activating group) is 1. The van der Waals surface area contributed by atoms with E-state index in [4.69, 9.17) is 17.3 Å². The number of nitrogens with two attached hydrogens (primary N) is 1. The molecule has 0 saturated heterocycles. The molecule has 1 aliphatic heterocycles. The van der Waals surface area contributed by atoms with Crippen LogP contribution in [0, 0.1) is 11.3 Å². The number of nitrogens with one attached hydrogen (secondary N) is 2. The van der Waals surface area contributed by atoms with Crippen molar-refractivity contribution in [2.75, 3.05) is 30.0 Å². The summed E-state index contributed by atoms with van der Waals surface area (Å²) in [5, 5.41) is 15.8. The average molecular weight is 389 g/mol. The number of rotatable bonds is 4. The molecule has 4 N–H and O–H groups in total. The number of aromatic nitrogens is 1. The highest BCUT2D eigenvalue weighted by Crippen LogP contribution is 2.28. The van der Waals surface area contributed by atoms with Crippen LogP contribution >= 0.6 is 22.9 Å². The minimum absolute atomic E-state index is 0.0804. The second-order valence-electron chi connectivity index (χ2n) is 5.88. The van der Waals surface area contributed by atoms with Gasteiger partial charge in [0.2, 0.25) is 0 Å². The monoisotopic (exact) mass is 388 g/mol. The minimum atomic E-state index is -0.562. The molecule has 2 aromatic rings. The summed E-state index contributed by atoms with van der Waals surface area (Å²) in [6, 6.07) is 6.61. The maximum Gasteiger partial charge on any atom is 0.267 e. The van der Waals surface area contributed by atoms with Gasteiger partial charge in [-0.1, -0.05) is 11.6 Å². The second-order valence-corrected chi connectivity index (χ2v) is 7.38. The van der Waals surface area contributed by atoms with Gasteiger partial charge in [0.15, 0.2) is 5.13 Å². The van der Waals surface area contributed by atoms with E-state index in [9.17, 15) is 10.1 Å². The van der Waals surface area contributed by atoms with Crippen molar-refractivity contribution in [3.63, 3.8) is 0 Å². The lowest BCUT2D eigenvalue weighted by atomic mass is 10.2. The van der Waals surface area contributed by atoms with Crippen molar-refractivity contribution < 1.29 is 4.79 Å². The summed E-state index contributed by atoms with van der Waals surface area (Å²) >= 11 is 7.57. The zero-order chi connectivity index (χ0) is 18.7. The van der Waals surface area contributed by atoms with Gasteiger partial charge in [0.05, 0.1) is 16.4 Å². The Hall–Kier alpha value is -2.60. The summed E-state index contributed by atoms with van der Waals surface area (Å²) in [5.74, 6) is -0.562. The molecule has 0 aliphatic carbocycles. The fraction of sp³-hybridized carbons (Fsp3) is 0.235. The van der Waals surface area contributed by atoms with E-state index in [0.29, 0.717) is 21.5 Å². The van der Waals surface area contributed by atoms with E-state index in [1.165, 1.54) is 28.5 Å². The number of carbonyl (C=O) groups is 1. The molecule has 1 aromatic carbocycles. The molecule has 0 spiro atoms. The van der Waals surface area contributed by atoms with Crippen molar-refractivity contribution in [3.8, 4) is 6.07 Å². The SMILES string of the molecule is CN1CCc2nc(N/C=C(/C#N)C(=O)Nc3ccc(N)cc3Cl)sc2C1. The predicted octanol–water partition coefficient (Wildman–Crippen LogP) is 2.82. The van der Waals surface area contributed by atoms with Crippen LogP contribution in [0.15, 0.2) is 30.0 Å². The lowest BCUT2D eigenvalue weighted by Crippen LogP contribution is -2.25. The fourth-order valence-electron chi connectivity index (χ4n) is 2.49. The zero-order valence-corrected chi connectivity index (χ0v) is 15.6. The van der Waals surface area contributed by atoms with Gasteiger partial charge in [0.25, 0.3) is 5.91 Å². The van der Waals surface area contributed by atoms with Crippen molar-refractivity contribution in [1.82, 2.24) is 9.88 Å². The van der Waals surface area contributed by atoms with Gasteiger partial charge in [-0.2, -0.15) is 5.26 Å². The first-order valence-corrected chi connectivity index (χ1v) is 9.06. The number of hydrogen-bond donors (Lipinski definition) is 3. The normalized spacial score (nSPS) is 14.4. The number of anilines is 3. The van der Waals surface area contributed by atoms with E-state index < -0.39 is 5.91 Å². The number of fused-ring (bicyclic) bond motifs is 1. The summed E-state index contributed by atoms with van der Waals surface area (Å²) in [5.41, 5.74) is 7.49. The third kappa shape index (κ3) is 4.14. The van der Waals surface area contributed by atoms with E-state index in [-0.39, 0.29) is 5.57 Å². The quantitative estimate of drug-likeness (QED) is 0.422. The highest BCUT2D eigenvalue weighted by molar-refractivity contribution is 7.15. The molecule has 0 unspecified atom stereocenters. The number of halogens is 1. The molecule has 0 saturated carbocycles. The van der Waals surface area contributed by atoms with Gasteiger partial charge in [-0.25, -0.2) is 4.98 Å². The zero-order valence-electron chi connectivity index (χ0n) is 14.0. The van der Waals surface area contributed by atoms with Crippen LogP contribution < -0.4 is 16.4 Å². The van der Waals surface area contributed by atoms with Crippen molar-refractivity contribution >= 4 is 45.4 Å². The topological polar surface area (TPSA) is 107 Å². The molecule has 9 heteroatoms. The summed E-state index contributed by atoms with van der Waals surface area (Å²) in [7, 11) is 2.07. The van der Waals surface area contributed by atoms with Gasteiger partial charge >= 0.3 is 0 Å². The molecule has 134 valence electrons. The first-order chi connectivity index (χ1) is 12.5. The Morgan fingerprint density at radius 3 is 3.08 bits per heavy atom. The smallest absolute Gasteiger partial charge is 0.267 e. The lowest BCUT2D eigenvalue weighted by molar-refractivity contribution is -0.112. The molecule has 26 heavy (non-hydrogen) atoms. The van der Waals surface area contributed by atoms with E-state index in [0.717, 1.165) is 25.2 Å². The summed E-state index contributed by atoms with van der Waals surface area (Å²) in [4.78, 5) is 20.2. The predicted molar refractivity (Wildman–Crippen MR) is 104 cm³/mol. The summed E-state index contributed by atoms with van der Waals surface area (Å²) in [6.07, 6.45) is 2.25. The second kappa shape index (κ2) is 7.74. The molecule has 0 atom stereocenters. The molecule has 0 fully saturated rings. The van der Waals surface area contributed by atoms with E-state index in [1.807, 2.05) is 6.07 Å². The van der Waals surface area contributed by atoms with Gasteiger partial charge in [0, 0.05) is 36.3 Å². The number of nitrogens with zero attached hydrogens (tertiary/aromatic N) is 3. The summed E-state index contributed by atoms with van der Waals surface area (Å²) < 4.78 is 0. The van der Waals surface area contributed by atoms with Gasteiger partial charge in [-0.15, -0.1) is 11.3 Å². The average Bonchev–Trinajstić information content (AvgIpc) is 3.00. The van der Waals surface area contributed by atoms with Crippen molar-refractivity contribution in [3.05, 3.63) is 45.6 Å². The number of nitriles is 1. The Bertz CT molecular complexity index is 916. The van der Waals surface area contributed by atoms with Crippen LogP contribution in [0.5, 0.6) is 0 Å². The fourth-order valence-corrected chi connectivity index (χ4v) is 3.78. The van der Waals surface area contributed by atoms with Crippen LogP contribution in [0.2, 0.25) is 5.02 Å². The van der Waals surface area contributed by atoms with Crippen LogP contribution in [0.25, 0.3) is 0 Å². The first-order valence-electron chi connectivity index (χ1n) is 7.86. The van der Waals surface area contributed by atoms with E-state index >= 15 is 0 Å². The first kappa shape index (κ1) is 18.2. The number of benzene rings is 1. The molecular weight excluding hydrogens is 372 g/mol. The Balaban J connectivity index is 1.70. The lowest BCUT2D eigenvalue weighted by Gasteiger charge is -2.20. The molecule has 1 amide bonds. The number of thiazole rings is 1. The third-order valence-corrected chi connectivity index (χ3v) is 5.19. The Labute approximate surface area is 160 Å². The molecule has 1 aliphatic rings. The van der Waals surface area contributed by atoms with Crippen molar-refractivity contribution in [2.24, 2.45) is 0 Å². The number of carbonyl (C=O) groups excluding carboxylic acids is 1. The molecule has 0 bridgehead atoms. The van der Waals surface area contributed by atoms with Crippen LogP contribution in [-0.4, -0.2) is 29.4 Å². The van der Waals surface area contributed by atoms with E-state index in [2.05, 4.69) is 27.6 Å². The van der Waals surface area contributed by atoms with Crippen LogP contribution in [0.4, 0.5) is 16.5 Å². The number of nitrogen functional groups attached to an aromatic ring is 1. The Morgan fingerprint density at radius 2 is 2.35 bits per heavy atom. The van der Waals surface area contributed by atoms with E-state index in [1.54, 1.807) is 12.1 Å². The van der Waals surface area contributed by atoms with Crippen LogP contribution in [0.3, 0.4) is 0 Å². The third-order valence-electron chi connectivity index (χ3n) is 3.87. The molecule has 3 rings (SSSR count). The van der Waals surface area contributed by atoms with Crippen molar-refractivity contribution in [1.29, 1.82) is 5.26 Å². The maximum absolute atomic E-state index is 12.3. The van der Waals surface area contributed by atoms with Crippen molar-refractivity contribution in [2.45, 2.75) is 13.0 Å². The molecule has 0 radical (unpaired) electrons. The molecule has 1 aromatic heterocycles. The standard InChI is InChI=1S/C17H17ClN6OS/c1-24-5-4-14-15(9-24)26-17(23-14)21-8-10(7-19)16(25)22-13-3-2-11(20)6-12(13)18/h2-3,6,8H,4-5,9,20H2,1H3,(H,21,23)(H,22,25)/b10-8-. The molecule has 7 nitrogen and oxygen atoms in total. The van der Waals surface area contributed by atoms with Gasteiger partial charge in [-0.05, 0) is 25.2 Å². The van der Waals surface area contributed by atoms with Crippen LogP contribution in [-0.2, 0) is 17.8 Å². The Morgan fingerprint density at radius 1 is 1.54 bits per heavy atom. The highest BCUT2D eigenvalue weighted by atomic mass is 35.5. The minimum Gasteiger partial charge on any atom is -0.399 e. The van der Waals surface area contributed by atoms with Gasteiger partial charge in [-0.3, -0.25) is 4.79 Å². The number of hydrogen-bond acceptors (Lipinski definition) is 7. The number of amides is 1.